The highest BCUT2D eigenvalue weighted by molar-refractivity contribution is 7.99. The van der Waals surface area contributed by atoms with Gasteiger partial charge < -0.3 is 9.84 Å². The van der Waals surface area contributed by atoms with Gasteiger partial charge in [-0.2, -0.15) is 0 Å². The number of esters is 1. The van der Waals surface area contributed by atoms with E-state index in [0.29, 0.717) is 10.6 Å². The number of hydrogen-bond acceptors (Lipinski definition) is 6. The first kappa shape index (κ1) is 13.5. The number of hydrogen-bond donors (Lipinski definition) is 1. The van der Waals surface area contributed by atoms with Crippen LogP contribution in [0.25, 0.3) is 0 Å². The molecule has 7 heteroatoms. The molecule has 6 nitrogen and oxygen atoms in total. The lowest BCUT2D eigenvalue weighted by Gasteiger charge is -2.04. The number of rotatable bonds is 5. The quantitative estimate of drug-likeness (QED) is 0.372. The summed E-state index contributed by atoms with van der Waals surface area (Å²) in [6.45, 7) is -0.0689. The van der Waals surface area contributed by atoms with Crippen LogP contribution in [0.15, 0.2) is 23.1 Å². The number of nitro benzene ring substituents is 1. The SMILES string of the molecule is COC(=O)c1ccc(SCCO)c([N+](=O)[O-])c1. The maximum atomic E-state index is 11.2. The van der Waals surface area contributed by atoms with Crippen molar-refractivity contribution in [1.82, 2.24) is 0 Å². The second kappa shape index (κ2) is 6.21. The van der Waals surface area contributed by atoms with Crippen LogP contribution < -0.4 is 0 Å². The smallest absolute Gasteiger partial charge is 0.338 e. The second-order valence-corrected chi connectivity index (χ2v) is 4.14. The number of aliphatic hydroxyl groups is 1. The van der Waals surface area contributed by atoms with E-state index in [0.717, 1.165) is 11.8 Å². The lowest BCUT2D eigenvalue weighted by atomic mass is 10.2. The Balaban J connectivity index is 3.08. The van der Waals surface area contributed by atoms with Crippen LogP contribution in [0.4, 0.5) is 5.69 Å². The Kier molecular flexibility index (Phi) is 4.92. The van der Waals surface area contributed by atoms with Crippen LogP contribution in [-0.2, 0) is 4.74 Å². The van der Waals surface area contributed by atoms with Crippen LogP contribution in [0.5, 0.6) is 0 Å². The number of methoxy groups -OCH3 is 1. The molecule has 0 saturated heterocycles. The van der Waals surface area contributed by atoms with E-state index in [1.807, 2.05) is 0 Å². The van der Waals surface area contributed by atoms with Gasteiger partial charge in [-0.1, -0.05) is 0 Å². The molecule has 0 unspecified atom stereocenters. The number of nitro groups is 1. The molecule has 1 aromatic carbocycles. The summed E-state index contributed by atoms with van der Waals surface area (Å²) in [7, 11) is 1.21. The molecule has 0 atom stereocenters. The normalized spacial score (nSPS) is 10.0. The Morgan fingerprint density at radius 1 is 1.59 bits per heavy atom. The van der Waals surface area contributed by atoms with Gasteiger partial charge in [-0.15, -0.1) is 11.8 Å². The third kappa shape index (κ3) is 3.43. The Morgan fingerprint density at radius 2 is 2.29 bits per heavy atom. The van der Waals surface area contributed by atoms with E-state index in [-0.39, 0.29) is 17.9 Å². The molecule has 1 aromatic rings. The van der Waals surface area contributed by atoms with Crippen molar-refractivity contribution in [3.63, 3.8) is 0 Å². The summed E-state index contributed by atoms with van der Waals surface area (Å²) in [6, 6.07) is 4.11. The van der Waals surface area contributed by atoms with Crippen molar-refractivity contribution in [3.8, 4) is 0 Å². The van der Waals surface area contributed by atoms with Crippen molar-refractivity contribution in [2.45, 2.75) is 4.90 Å². The summed E-state index contributed by atoms with van der Waals surface area (Å²) < 4.78 is 4.48. The zero-order chi connectivity index (χ0) is 12.8. The molecular weight excluding hydrogens is 246 g/mol. The van der Waals surface area contributed by atoms with Gasteiger partial charge in [0.05, 0.1) is 29.1 Å². The van der Waals surface area contributed by atoms with Gasteiger partial charge in [-0.25, -0.2) is 4.79 Å². The molecule has 0 heterocycles. The molecule has 0 aliphatic heterocycles. The number of ether oxygens (including phenoxy) is 1. The minimum Gasteiger partial charge on any atom is -0.465 e. The fraction of sp³-hybridized carbons (Fsp3) is 0.300. The maximum absolute atomic E-state index is 11.2. The van der Waals surface area contributed by atoms with Crippen LogP contribution in [0.3, 0.4) is 0 Å². The Labute approximate surface area is 102 Å². The highest BCUT2D eigenvalue weighted by Crippen LogP contribution is 2.29. The van der Waals surface area contributed by atoms with Crippen LogP contribution >= 0.6 is 11.8 Å². The molecule has 0 aliphatic rings. The Hall–Kier alpha value is -1.60. The van der Waals surface area contributed by atoms with Gasteiger partial charge in [0.2, 0.25) is 0 Å². The van der Waals surface area contributed by atoms with E-state index in [2.05, 4.69) is 4.74 Å². The average Bonchev–Trinajstić information content (AvgIpc) is 2.35. The van der Waals surface area contributed by atoms with Crippen molar-refractivity contribution in [2.75, 3.05) is 19.5 Å². The van der Waals surface area contributed by atoms with Crippen LogP contribution in [0, 0.1) is 10.1 Å². The number of nitrogens with zero attached hydrogens (tertiary/aromatic N) is 1. The van der Waals surface area contributed by atoms with E-state index in [1.165, 1.54) is 25.3 Å². The van der Waals surface area contributed by atoms with E-state index < -0.39 is 10.9 Å². The topological polar surface area (TPSA) is 89.7 Å². The average molecular weight is 257 g/mol. The van der Waals surface area contributed by atoms with Gasteiger partial charge in [0.15, 0.2) is 0 Å². The number of benzene rings is 1. The predicted octanol–water partition coefficient (Wildman–Crippen LogP) is 1.47. The monoisotopic (exact) mass is 257 g/mol. The summed E-state index contributed by atoms with van der Waals surface area (Å²) in [5, 5.41) is 19.5. The first-order valence-corrected chi connectivity index (χ1v) is 5.69. The minimum atomic E-state index is -0.619. The maximum Gasteiger partial charge on any atom is 0.338 e. The van der Waals surface area contributed by atoms with E-state index in [4.69, 9.17) is 5.11 Å². The summed E-state index contributed by atoms with van der Waals surface area (Å²) in [5.41, 5.74) is -0.0288. The largest absolute Gasteiger partial charge is 0.465 e. The molecule has 0 saturated carbocycles. The van der Waals surface area contributed by atoms with Gasteiger partial charge >= 0.3 is 5.97 Å². The molecule has 92 valence electrons. The molecule has 0 bridgehead atoms. The zero-order valence-corrected chi connectivity index (χ0v) is 9.90. The standard InChI is InChI=1S/C10H11NO5S/c1-16-10(13)7-2-3-9(17-5-4-12)8(6-7)11(14)15/h2-3,6,12H,4-5H2,1H3. The van der Waals surface area contributed by atoms with Gasteiger partial charge in [-0.05, 0) is 12.1 Å². The summed E-state index contributed by atoms with van der Waals surface area (Å²) in [6.07, 6.45) is 0. The molecule has 0 amide bonds. The highest BCUT2D eigenvalue weighted by Gasteiger charge is 2.17. The lowest BCUT2D eigenvalue weighted by molar-refractivity contribution is -0.387. The summed E-state index contributed by atoms with van der Waals surface area (Å²) in [4.78, 5) is 21.9. The van der Waals surface area contributed by atoms with Crippen LogP contribution in [0.2, 0.25) is 0 Å². The molecular formula is C10H11NO5S. The molecule has 0 aliphatic carbocycles. The van der Waals surface area contributed by atoms with E-state index in [1.54, 1.807) is 0 Å². The summed E-state index contributed by atoms with van der Waals surface area (Å²) in [5.74, 6) is -0.259. The second-order valence-electron chi connectivity index (χ2n) is 3.00. The third-order valence-corrected chi connectivity index (χ3v) is 2.97. The highest BCUT2D eigenvalue weighted by atomic mass is 32.2. The molecule has 0 radical (unpaired) electrons. The Bertz CT molecular complexity index is 435. The first-order chi connectivity index (χ1) is 8.10. The fourth-order valence-corrected chi connectivity index (χ4v) is 1.94. The molecule has 0 spiro atoms. The van der Waals surface area contributed by atoms with Crippen LogP contribution in [-0.4, -0.2) is 35.5 Å². The zero-order valence-electron chi connectivity index (χ0n) is 9.08. The molecule has 1 rings (SSSR count). The predicted molar refractivity (Wildman–Crippen MR) is 62.2 cm³/mol. The van der Waals surface area contributed by atoms with Crippen molar-refractivity contribution in [3.05, 3.63) is 33.9 Å². The van der Waals surface area contributed by atoms with Gasteiger partial charge in [0.1, 0.15) is 0 Å². The van der Waals surface area contributed by atoms with Crippen molar-refractivity contribution < 1.29 is 19.6 Å². The minimum absolute atomic E-state index is 0.0689. The number of carbonyl (C=O) groups excluding carboxylic acids is 1. The van der Waals surface area contributed by atoms with Crippen molar-refractivity contribution >= 4 is 23.4 Å². The molecule has 0 aromatic heterocycles. The molecule has 17 heavy (non-hydrogen) atoms. The van der Waals surface area contributed by atoms with E-state index in [9.17, 15) is 14.9 Å². The van der Waals surface area contributed by atoms with Crippen molar-refractivity contribution in [1.29, 1.82) is 0 Å². The Morgan fingerprint density at radius 3 is 2.82 bits per heavy atom. The lowest BCUT2D eigenvalue weighted by Crippen LogP contribution is -2.03. The van der Waals surface area contributed by atoms with E-state index >= 15 is 0 Å². The van der Waals surface area contributed by atoms with Crippen molar-refractivity contribution in [2.24, 2.45) is 0 Å². The first-order valence-electron chi connectivity index (χ1n) is 4.70. The van der Waals surface area contributed by atoms with Gasteiger partial charge in [0.25, 0.3) is 5.69 Å². The summed E-state index contributed by atoms with van der Waals surface area (Å²) >= 11 is 1.16. The van der Waals surface area contributed by atoms with Gasteiger partial charge in [-0.3, -0.25) is 10.1 Å². The fourth-order valence-electron chi connectivity index (χ4n) is 1.18. The third-order valence-electron chi connectivity index (χ3n) is 1.93. The molecule has 1 N–H and O–H groups in total. The molecule has 0 fully saturated rings. The number of aliphatic hydroxyl groups excluding tert-OH is 1. The van der Waals surface area contributed by atoms with Crippen LogP contribution in [0.1, 0.15) is 10.4 Å². The number of carbonyl (C=O) groups is 1. The number of thioether (sulfide) groups is 1. The van der Waals surface area contributed by atoms with Gasteiger partial charge in [0, 0.05) is 11.8 Å².